The van der Waals surface area contributed by atoms with Crippen molar-refractivity contribution >= 4 is 34.6 Å². The third-order valence-electron chi connectivity index (χ3n) is 5.04. The minimum absolute atomic E-state index is 0.315. The molecule has 1 aliphatic rings. The van der Waals surface area contributed by atoms with E-state index < -0.39 is 0 Å². The van der Waals surface area contributed by atoms with Crippen molar-refractivity contribution in [2.45, 2.75) is 0 Å². The fourth-order valence-corrected chi connectivity index (χ4v) is 3.69. The zero-order chi connectivity index (χ0) is 22.7. The monoisotopic (exact) mass is 448 g/mol. The zero-order valence-electron chi connectivity index (χ0n) is 17.8. The summed E-state index contributed by atoms with van der Waals surface area (Å²) in [7, 11) is 4.53. The number of carbonyl (C=O) groups excluding carboxylic acids is 1. The summed E-state index contributed by atoms with van der Waals surface area (Å²) in [6, 6.07) is 18.3. The summed E-state index contributed by atoms with van der Waals surface area (Å²) in [5, 5.41) is 3.53. The molecule has 0 bridgehead atoms. The van der Waals surface area contributed by atoms with Crippen molar-refractivity contribution in [3.8, 4) is 17.2 Å². The minimum Gasteiger partial charge on any atom is -0.493 e. The molecule has 7 heteroatoms. The second kappa shape index (κ2) is 9.16. The molecule has 32 heavy (non-hydrogen) atoms. The van der Waals surface area contributed by atoms with E-state index in [0.29, 0.717) is 44.9 Å². The maximum atomic E-state index is 13.1. The molecule has 0 unspecified atom stereocenters. The van der Waals surface area contributed by atoms with Crippen LogP contribution in [-0.4, -0.2) is 32.9 Å². The highest BCUT2D eigenvalue weighted by atomic mass is 35.5. The van der Waals surface area contributed by atoms with Crippen molar-refractivity contribution < 1.29 is 19.0 Å². The third kappa shape index (κ3) is 4.05. The van der Waals surface area contributed by atoms with E-state index in [-0.39, 0.29) is 5.91 Å². The molecule has 0 heterocycles. The number of halogens is 1. The summed E-state index contributed by atoms with van der Waals surface area (Å²) in [5.74, 6) is 0.910. The number of nitrogens with zero attached hydrogens (tertiary/aromatic N) is 1. The number of aliphatic imine (C=N–C) groups is 1. The number of hydrogen-bond acceptors (Lipinski definition) is 5. The van der Waals surface area contributed by atoms with Crippen molar-refractivity contribution in [3.05, 3.63) is 88.5 Å². The van der Waals surface area contributed by atoms with E-state index in [1.807, 2.05) is 48.5 Å². The van der Waals surface area contributed by atoms with Gasteiger partial charge in [0.2, 0.25) is 5.75 Å². The summed E-state index contributed by atoms with van der Waals surface area (Å²) in [6.45, 7) is 0. The van der Waals surface area contributed by atoms with Crippen LogP contribution < -0.4 is 19.5 Å². The predicted molar refractivity (Wildman–Crippen MR) is 126 cm³/mol. The molecular weight excluding hydrogens is 428 g/mol. The van der Waals surface area contributed by atoms with Crippen LogP contribution in [0.1, 0.15) is 21.5 Å². The molecule has 3 aromatic carbocycles. The average molecular weight is 449 g/mol. The highest BCUT2D eigenvalue weighted by molar-refractivity contribution is 6.33. The maximum absolute atomic E-state index is 13.1. The number of carbonyl (C=O) groups is 1. The maximum Gasteiger partial charge on any atom is 0.255 e. The van der Waals surface area contributed by atoms with E-state index in [0.717, 1.165) is 11.1 Å². The van der Waals surface area contributed by atoms with Gasteiger partial charge in [-0.25, -0.2) is 4.99 Å². The molecule has 0 aliphatic heterocycles. The second-order valence-corrected chi connectivity index (χ2v) is 7.33. The standard InChI is InChI=1S/C25H21ClN2O4/c1-30-22-12-15(13-23(31-2)24(22)32-3)25(29)28-21-14-20(16-8-4-5-9-17(16)21)27-19-11-7-6-10-18(19)26/h4-14H,1-3H3,(H,28,29). The number of benzene rings is 3. The first kappa shape index (κ1) is 21.5. The first-order valence-electron chi connectivity index (χ1n) is 9.81. The summed E-state index contributed by atoms with van der Waals surface area (Å²) in [5.41, 5.74) is 4.17. The Hall–Kier alpha value is -3.77. The Labute approximate surface area is 191 Å². The van der Waals surface area contributed by atoms with Gasteiger partial charge in [-0.2, -0.15) is 0 Å². The lowest BCUT2D eigenvalue weighted by molar-refractivity contribution is 0.0973. The van der Waals surface area contributed by atoms with Crippen molar-refractivity contribution in [1.82, 2.24) is 5.32 Å². The van der Waals surface area contributed by atoms with Gasteiger partial charge in [0.15, 0.2) is 11.5 Å². The number of allylic oxidation sites excluding steroid dienone is 1. The molecule has 0 saturated heterocycles. The molecule has 6 nitrogen and oxygen atoms in total. The van der Waals surface area contributed by atoms with Crippen LogP contribution in [0.3, 0.4) is 0 Å². The highest BCUT2D eigenvalue weighted by Gasteiger charge is 2.23. The number of methoxy groups -OCH3 is 3. The molecule has 3 aromatic rings. The third-order valence-corrected chi connectivity index (χ3v) is 5.36. The van der Waals surface area contributed by atoms with Gasteiger partial charge in [-0.3, -0.25) is 4.79 Å². The summed E-state index contributed by atoms with van der Waals surface area (Å²) in [4.78, 5) is 17.8. The number of fused-ring (bicyclic) bond motifs is 1. The van der Waals surface area contributed by atoms with E-state index >= 15 is 0 Å². The summed E-state index contributed by atoms with van der Waals surface area (Å²) >= 11 is 6.28. The molecule has 1 N–H and O–H groups in total. The highest BCUT2D eigenvalue weighted by Crippen LogP contribution is 2.38. The Morgan fingerprint density at radius 1 is 0.875 bits per heavy atom. The molecule has 162 valence electrons. The van der Waals surface area contributed by atoms with Gasteiger partial charge >= 0.3 is 0 Å². The minimum atomic E-state index is -0.315. The van der Waals surface area contributed by atoms with Crippen LogP contribution in [0.15, 0.2) is 71.7 Å². The largest absolute Gasteiger partial charge is 0.493 e. The van der Waals surface area contributed by atoms with Gasteiger partial charge in [-0.05, 0) is 30.3 Å². The summed E-state index contributed by atoms with van der Waals surface area (Å²) < 4.78 is 16.1. The topological polar surface area (TPSA) is 69.2 Å². The van der Waals surface area contributed by atoms with E-state index in [9.17, 15) is 4.79 Å². The number of amides is 1. The molecular formula is C25H21ClN2O4. The number of ether oxygens (including phenoxy) is 3. The zero-order valence-corrected chi connectivity index (χ0v) is 18.6. The number of hydrogen-bond donors (Lipinski definition) is 1. The smallest absolute Gasteiger partial charge is 0.255 e. The average Bonchev–Trinajstić information content (AvgIpc) is 3.16. The normalized spacial score (nSPS) is 13.4. The van der Waals surface area contributed by atoms with Crippen LogP contribution in [0.2, 0.25) is 5.02 Å². The number of rotatable bonds is 6. The molecule has 0 fully saturated rings. The van der Waals surface area contributed by atoms with Crippen LogP contribution in [0.5, 0.6) is 17.2 Å². The van der Waals surface area contributed by atoms with Gasteiger partial charge in [0, 0.05) is 16.7 Å². The molecule has 0 saturated carbocycles. The Bertz CT molecular complexity index is 1230. The second-order valence-electron chi connectivity index (χ2n) is 6.92. The van der Waals surface area contributed by atoms with E-state index in [2.05, 4.69) is 5.32 Å². The molecule has 1 amide bonds. The van der Waals surface area contributed by atoms with Gasteiger partial charge < -0.3 is 19.5 Å². The first-order chi connectivity index (χ1) is 15.5. The SMILES string of the molecule is COc1cc(C(=O)NC2=CC(=Nc3ccccc3Cl)c3ccccc32)cc(OC)c1OC. The number of para-hydroxylation sites is 1. The van der Waals surface area contributed by atoms with Gasteiger partial charge in [0.1, 0.15) is 0 Å². The van der Waals surface area contributed by atoms with Crippen LogP contribution in [-0.2, 0) is 0 Å². The number of nitrogens with one attached hydrogen (secondary N) is 1. The molecule has 4 rings (SSSR count). The van der Waals surface area contributed by atoms with Crippen molar-refractivity contribution in [2.75, 3.05) is 21.3 Å². The van der Waals surface area contributed by atoms with Crippen LogP contribution in [0.25, 0.3) is 5.70 Å². The van der Waals surface area contributed by atoms with Crippen molar-refractivity contribution in [1.29, 1.82) is 0 Å². The fraction of sp³-hybridized carbons (Fsp3) is 0.120. The Morgan fingerprint density at radius 2 is 1.50 bits per heavy atom. The Balaban J connectivity index is 1.70. The first-order valence-corrected chi connectivity index (χ1v) is 10.2. The van der Waals surface area contributed by atoms with Crippen LogP contribution >= 0.6 is 11.6 Å². The van der Waals surface area contributed by atoms with Gasteiger partial charge in [-0.15, -0.1) is 0 Å². The molecule has 0 aromatic heterocycles. The molecule has 0 atom stereocenters. The lowest BCUT2D eigenvalue weighted by atomic mass is 10.1. The predicted octanol–water partition coefficient (Wildman–Crippen LogP) is 5.27. The quantitative estimate of drug-likeness (QED) is 0.557. The van der Waals surface area contributed by atoms with Crippen molar-refractivity contribution in [2.24, 2.45) is 4.99 Å². The lowest BCUT2D eigenvalue weighted by Crippen LogP contribution is -2.21. The molecule has 0 radical (unpaired) electrons. The fourth-order valence-electron chi connectivity index (χ4n) is 3.51. The Morgan fingerprint density at radius 3 is 2.12 bits per heavy atom. The van der Waals surface area contributed by atoms with Gasteiger partial charge in [0.05, 0.1) is 43.4 Å². The summed E-state index contributed by atoms with van der Waals surface area (Å²) in [6.07, 6.45) is 1.84. The van der Waals surface area contributed by atoms with E-state index in [4.69, 9.17) is 30.8 Å². The molecule has 0 spiro atoms. The van der Waals surface area contributed by atoms with E-state index in [1.54, 1.807) is 18.2 Å². The molecule has 1 aliphatic carbocycles. The Kier molecular flexibility index (Phi) is 6.14. The lowest BCUT2D eigenvalue weighted by Gasteiger charge is -2.14. The van der Waals surface area contributed by atoms with Crippen LogP contribution in [0.4, 0.5) is 5.69 Å². The van der Waals surface area contributed by atoms with Gasteiger partial charge in [0.25, 0.3) is 5.91 Å². The van der Waals surface area contributed by atoms with Gasteiger partial charge in [-0.1, -0.05) is 48.0 Å². The van der Waals surface area contributed by atoms with Crippen LogP contribution in [0, 0.1) is 0 Å². The van der Waals surface area contributed by atoms with E-state index in [1.165, 1.54) is 21.3 Å². The van der Waals surface area contributed by atoms with Crippen molar-refractivity contribution in [3.63, 3.8) is 0 Å².